The van der Waals surface area contributed by atoms with Crippen LogP contribution in [0.25, 0.3) is 11.3 Å². The molecule has 2 rings (SSSR count). The van der Waals surface area contributed by atoms with Gasteiger partial charge in [-0.2, -0.15) is 5.10 Å². The number of hydrogen-bond donors (Lipinski definition) is 1. The average Bonchev–Trinajstić information content (AvgIpc) is 3.05. The zero-order chi connectivity index (χ0) is 16.9. The van der Waals surface area contributed by atoms with Crippen LogP contribution in [0.3, 0.4) is 0 Å². The fourth-order valence-corrected chi connectivity index (χ4v) is 3.60. The van der Waals surface area contributed by atoms with Crippen LogP contribution in [0.5, 0.6) is 11.5 Å². The fourth-order valence-electron chi connectivity index (χ4n) is 2.11. The van der Waals surface area contributed by atoms with Crippen molar-refractivity contribution in [1.29, 1.82) is 0 Å². The summed E-state index contributed by atoms with van der Waals surface area (Å²) < 4.78 is 33.8. The maximum atomic E-state index is 12.7. The number of methoxy groups -OCH3 is 2. The first-order chi connectivity index (χ1) is 11.1. The molecule has 2 aromatic rings. The van der Waals surface area contributed by atoms with E-state index in [1.807, 2.05) is 6.07 Å². The topological polar surface area (TPSA) is 82.7 Å². The highest BCUT2D eigenvalue weighted by molar-refractivity contribution is 7.61. The Hall–Kier alpha value is -1.82. The monoisotopic (exact) mass is 340 g/mol. The Kier molecular flexibility index (Phi) is 5.82. The molecule has 0 aliphatic carbocycles. The van der Waals surface area contributed by atoms with Gasteiger partial charge in [-0.25, -0.2) is 0 Å². The maximum absolute atomic E-state index is 12.7. The number of ether oxygens (including phenoxy) is 2. The van der Waals surface area contributed by atoms with Gasteiger partial charge in [0.1, 0.15) is 5.44 Å². The third kappa shape index (κ3) is 3.75. The molecule has 23 heavy (non-hydrogen) atoms. The summed E-state index contributed by atoms with van der Waals surface area (Å²) in [5, 5.41) is 6.94. The maximum Gasteiger partial charge on any atom is 0.378 e. The van der Waals surface area contributed by atoms with Gasteiger partial charge in [-0.1, -0.05) is 0 Å². The van der Waals surface area contributed by atoms with Crippen molar-refractivity contribution in [1.82, 2.24) is 10.2 Å². The average molecular weight is 340 g/mol. The van der Waals surface area contributed by atoms with E-state index in [0.717, 1.165) is 5.56 Å². The van der Waals surface area contributed by atoms with Gasteiger partial charge in [-0.3, -0.25) is 9.66 Å². The lowest BCUT2D eigenvalue weighted by atomic mass is 10.1. The van der Waals surface area contributed by atoms with Gasteiger partial charge in [0.05, 0.1) is 33.1 Å². The molecule has 8 heteroatoms. The van der Waals surface area contributed by atoms with Crippen LogP contribution < -0.4 is 14.9 Å². The minimum absolute atomic E-state index is 0.280. The second-order valence-electron chi connectivity index (χ2n) is 4.54. The number of benzene rings is 1. The molecule has 0 amide bonds. The Morgan fingerprint density at radius 3 is 2.26 bits per heavy atom. The first-order valence-electron chi connectivity index (χ1n) is 7.25. The summed E-state index contributed by atoms with van der Waals surface area (Å²) in [6, 6.07) is 7.08. The number of aromatic nitrogens is 2. The second-order valence-corrected chi connectivity index (χ2v) is 6.53. The van der Waals surface area contributed by atoms with Gasteiger partial charge in [-0.15, -0.1) is 0 Å². The minimum atomic E-state index is -3.38. The summed E-state index contributed by atoms with van der Waals surface area (Å²) in [5.74, 6) is 1.22. The molecule has 1 aromatic heterocycles. The normalized spacial score (nSPS) is 11.5. The number of nitrogens with zero attached hydrogens (tertiary/aromatic N) is 1. The zero-order valence-corrected chi connectivity index (χ0v) is 14.6. The molecule has 126 valence electrons. The smallest absolute Gasteiger partial charge is 0.378 e. The van der Waals surface area contributed by atoms with E-state index in [4.69, 9.17) is 18.5 Å². The first-order valence-corrected chi connectivity index (χ1v) is 8.79. The molecule has 0 spiro atoms. The molecular weight excluding hydrogens is 319 g/mol. The quantitative estimate of drug-likeness (QED) is 0.744. The number of H-pyrrole nitrogens is 1. The minimum Gasteiger partial charge on any atom is -0.493 e. The molecule has 0 radical (unpaired) electrons. The number of nitrogens with one attached hydrogen (secondary N) is 1. The fraction of sp³-hybridized carbons (Fsp3) is 0.400. The number of aromatic amines is 1. The molecule has 0 aliphatic heterocycles. The Labute approximate surface area is 135 Å². The van der Waals surface area contributed by atoms with E-state index in [9.17, 15) is 4.57 Å². The first kappa shape index (κ1) is 17.5. The Morgan fingerprint density at radius 2 is 1.70 bits per heavy atom. The third-order valence-electron chi connectivity index (χ3n) is 3.14. The molecule has 1 aromatic carbocycles. The second kappa shape index (κ2) is 7.64. The van der Waals surface area contributed by atoms with Crippen LogP contribution in [0.1, 0.15) is 13.8 Å². The zero-order valence-electron chi connectivity index (χ0n) is 13.7. The van der Waals surface area contributed by atoms with Crippen LogP contribution in [0.15, 0.2) is 24.3 Å². The van der Waals surface area contributed by atoms with Crippen LogP contribution in [-0.4, -0.2) is 37.6 Å². The predicted molar refractivity (Wildman–Crippen MR) is 87.6 cm³/mol. The van der Waals surface area contributed by atoms with Gasteiger partial charge in [0, 0.05) is 5.56 Å². The molecular formula is C15H21N2O5P. The van der Waals surface area contributed by atoms with Crippen molar-refractivity contribution in [3.63, 3.8) is 0 Å². The van der Waals surface area contributed by atoms with Gasteiger partial charge in [0.2, 0.25) is 0 Å². The summed E-state index contributed by atoms with van der Waals surface area (Å²) in [4.78, 5) is 0. The van der Waals surface area contributed by atoms with E-state index >= 15 is 0 Å². The molecule has 0 atom stereocenters. The van der Waals surface area contributed by atoms with Crippen LogP contribution >= 0.6 is 7.60 Å². The largest absolute Gasteiger partial charge is 0.493 e. The summed E-state index contributed by atoms with van der Waals surface area (Å²) in [5.41, 5.74) is 1.73. The Bertz CT molecular complexity index is 691. The highest BCUT2D eigenvalue weighted by atomic mass is 31.2. The lowest BCUT2D eigenvalue weighted by Gasteiger charge is -2.14. The van der Waals surface area contributed by atoms with E-state index in [1.165, 1.54) is 0 Å². The molecule has 1 N–H and O–H groups in total. The Balaban J connectivity index is 2.37. The van der Waals surface area contributed by atoms with Gasteiger partial charge < -0.3 is 18.5 Å². The van der Waals surface area contributed by atoms with Crippen LogP contribution in [0, 0.1) is 0 Å². The van der Waals surface area contributed by atoms with E-state index in [0.29, 0.717) is 22.6 Å². The van der Waals surface area contributed by atoms with E-state index in [-0.39, 0.29) is 13.2 Å². The number of rotatable bonds is 8. The van der Waals surface area contributed by atoms with Gasteiger partial charge >= 0.3 is 7.60 Å². The lowest BCUT2D eigenvalue weighted by molar-refractivity contribution is 0.229. The molecule has 1 heterocycles. The van der Waals surface area contributed by atoms with Gasteiger partial charge in [0.25, 0.3) is 0 Å². The van der Waals surface area contributed by atoms with Crippen molar-refractivity contribution in [2.45, 2.75) is 13.8 Å². The van der Waals surface area contributed by atoms with Crippen molar-refractivity contribution in [2.75, 3.05) is 27.4 Å². The molecule has 0 saturated carbocycles. The standard InChI is InChI=1S/C15H21N2O5P/c1-5-21-23(18,22-6-2)15-10-12(16-17-15)11-7-8-13(19-3)14(9-11)20-4/h7-10H,5-6H2,1-4H3,(H,16,17). The highest BCUT2D eigenvalue weighted by Gasteiger charge is 2.29. The summed E-state index contributed by atoms with van der Waals surface area (Å²) in [6.45, 7) is 4.08. The summed E-state index contributed by atoms with van der Waals surface area (Å²) in [7, 11) is -0.240. The molecule has 0 fully saturated rings. The van der Waals surface area contributed by atoms with Crippen LogP contribution in [-0.2, 0) is 13.6 Å². The van der Waals surface area contributed by atoms with E-state index in [1.54, 1.807) is 46.3 Å². The SMILES string of the molecule is CCOP(=O)(OCC)c1cc(-c2ccc(OC)c(OC)c2)n[nH]1. The van der Waals surface area contributed by atoms with Crippen molar-refractivity contribution in [2.24, 2.45) is 0 Å². The highest BCUT2D eigenvalue weighted by Crippen LogP contribution is 2.46. The van der Waals surface area contributed by atoms with Crippen molar-refractivity contribution in [3.05, 3.63) is 24.3 Å². The van der Waals surface area contributed by atoms with E-state index < -0.39 is 7.60 Å². The molecule has 0 unspecified atom stereocenters. The van der Waals surface area contributed by atoms with Crippen LogP contribution in [0.2, 0.25) is 0 Å². The lowest BCUT2D eigenvalue weighted by Crippen LogP contribution is -2.11. The van der Waals surface area contributed by atoms with Crippen molar-refractivity contribution < 1.29 is 23.1 Å². The number of hydrogen-bond acceptors (Lipinski definition) is 6. The molecule has 0 aliphatic rings. The van der Waals surface area contributed by atoms with Crippen molar-refractivity contribution >= 4 is 13.0 Å². The van der Waals surface area contributed by atoms with Crippen LogP contribution in [0.4, 0.5) is 0 Å². The Morgan fingerprint density at radius 1 is 1.04 bits per heavy atom. The summed E-state index contributed by atoms with van der Waals surface area (Å²) in [6.07, 6.45) is 0. The van der Waals surface area contributed by atoms with Gasteiger partial charge in [-0.05, 0) is 38.1 Å². The third-order valence-corrected chi connectivity index (χ3v) is 5.15. The van der Waals surface area contributed by atoms with E-state index in [2.05, 4.69) is 10.2 Å². The summed E-state index contributed by atoms with van der Waals surface area (Å²) >= 11 is 0. The molecule has 0 saturated heterocycles. The molecule has 7 nitrogen and oxygen atoms in total. The predicted octanol–water partition coefficient (Wildman–Crippen LogP) is 2.99. The molecule has 0 bridgehead atoms. The van der Waals surface area contributed by atoms with Gasteiger partial charge in [0.15, 0.2) is 11.5 Å². The van der Waals surface area contributed by atoms with Crippen molar-refractivity contribution in [3.8, 4) is 22.8 Å².